The van der Waals surface area contributed by atoms with Crippen LogP contribution < -0.4 is 0 Å². The fraction of sp³-hybridized carbons (Fsp3) is 0. The molecule has 0 saturated carbocycles. The normalized spacial score (nSPS) is 11.2. The standard InChI is InChI=1S/C20H10F2N4OS2/c21-13-5-1-11(2-6-13)15-9-28-18-16(15)19(24-10-23-18)29-20-26-25-17(27-20)12-3-7-14(22)8-4-12/h1-10H. The molecule has 0 unspecified atom stereocenters. The van der Waals surface area contributed by atoms with Gasteiger partial charge in [0.05, 0.1) is 5.39 Å². The van der Waals surface area contributed by atoms with Gasteiger partial charge in [0, 0.05) is 16.5 Å². The third-order valence-corrected chi connectivity index (χ3v) is 5.90. The molecule has 5 rings (SSSR count). The van der Waals surface area contributed by atoms with E-state index in [1.807, 2.05) is 5.38 Å². The van der Waals surface area contributed by atoms with Crippen LogP contribution in [0.1, 0.15) is 0 Å². The Morgan fingerprint density at radius 1 is 0.828 bits per heavy atom. The monoisotopic (exact) mass is 424 g/mol. The summed E-state index contributed by atoms with van der Waals surface area (Å²) in [4.78, 5) is 9.51. The lowest BCUT2D eigenvalue weighted by atomic mass is 10.1. The van der Waals surface area contributed by atoms with Gasteiger partial charge in [-0.2, -0.15) is 0 Å². The van der Waals surface area contributed by atoms with E-state index in [1.54, 1.807) is 24.3 Å². The Kier molecular flexibility index (Phi) is 4.53. The first-order chi connectivity index (χ1) is 14.2. The van der Waals surface area contributed by atoms with Crippen LogP contribution in [0, 0.1) is 11.6 Å². The van der Waals surface area contributed by atoms with Crippen LogP contribution in [0.2, 0.25) is 0 Å². The zero-order valence-corrected chi connectivity index (χ0v) is 16.2. The summed E-state index contributed by atoms with van der Waals surface area (Å²) in [7, 11) is 0. The molecule has 2 aromatic carbocycles. The van der Waals surface area contributed by atoms with E-state index in [2.05, 4.69) is 20.2 Å². The van der Waals surface area contributed by atoms with Gasteiger partial charge in [0.25, 0.3) is 5.22 Å². The van der Waals surface area contributed by atoms with Crippen LogP contribution in [-0.4, -0.2) is 20.2 Å². The number of hydrogen-bond acceptors (Lipinski definition) is 7. The SMILES string of the molecule is Fc1ccc(-c2nnc(Sc3ncnc4scc(-c5ccc(F)cc5)c34)o2)cc1. The Hall–Kier alpha value is -3.17. The van der Waals surface area contributed by atoms with Crippen molar-refractivity contribution in [2.75, 3.05) is 0 Å². The van der Waals surface area contributed by atoms with Crippen molar-refractivity contribution in [3.8, 4) is 22.6 Å². The number of halogens is 2. The summed E-state index contributed by atoms with van der Waals surface area (Å²) in [5.74, 6) is -0.336. The molecule has 0 bridgehead atoms. The molecule has 0 aliphatic heterocycles. The third-order valence-electron chi connectivity index (χ3n) is 4.17. The summed E-state index contributed by atoms with van der Waals surface area (Å²) in [6.07, 6.45) is 1.48. The maximum Gasteiger partial charge on any atom is 0.283 e. The minimum Gasteiger partial charge on any atom is -0.411 e. The lowest BCUT2D eigenvalue weighted by Gasteiger charge is -2.03. The van der Waals surface area contributed by atoms with Gasteiger partial charge in [-0.15, -0.1) is 21.5 Å². The summed E-state index contributed by atoms with van der Waals surface area (Å²) >= 11 is 2.70. The Morgan fingerprint density at radius 2 is 1.52 bits per heavy atom. The van der Waals surface area contributed by atoms with Gasteiger partial charge >= 0.3 is 0 Å². The van der Waals surface area contributed by atoms with Crippen molar-refractivity contribution in [1.29, 1.82) is 0 Å². The van der Waals surface area contributed by atoms with Crippen LogP contribution in [-0.2, 0) is 0 Å². The second kappa shape index (κ2) is 7.34. The zero-order chi connectivity index (χ0) is 19.8. The molecule has 0 atom stereocenters. The minimum atomic E-state index is -0.336. The first-order valence-electron chi connectivity index (χ1n) is 8.43. The highest BCUT2D eigenvalue weighted by Gasteiger charge is 2.17. The van der Waals surface area contributed by atoms with Crippen molar-refractivity contribution in [2.45, 2.75) is 10.2 Å². The van der Waals surface area contributed by atoms with Crippen LogP contribution in [0.4, 0.5) is 8.78 Å². The van der Waals surface area contributed by atoms with Crippen molar-refractivity contribution >= 4 is 33.3 Å². The van der Waals surface area contributed by atoms with Gasteiger partial charge in [0.2, 0.25) is 5.89 Å². The molecule has 0 aliphatic rings. The summed E-state index contributed by atoms with van der Waals surface area (Å²) in [5.41, 5.74) is 2.40. The number of benzene rings is 2. The van der Waals surface area contributed by atoms with Gasteiger partial charge in [-0.3, -0.25) is 0 Å². The van der Waals surface area contributed by atoms with Crippen molar-refractivity contribution < 1.29 is 13.2 Å². The highest BCUT2D eigenvalue weighted by Crippen LogP contribution is 2.40. The Labute approximate surface area is 171 Å². The molecule has 3 aromatic heterocycles. The second-order valence-electron chi connectivity index (χ2n) is 6.00. The van der Waals surface area contributed by atoms with E-state index in [0.29, 0.717) is 21.7 Å². The van der Waals surface area contributed by atoms with Gasteiger partial charge in [0.1, 0.15) is 27.8 Å². The molecule has 0 amide bonds. The molecule has 142 valence electrons. The average Bonchev–Trinajstić information content (AvgIpc) is 3.37. The fourth-order valence-corrected chi connectivity index (χ4v) is 4.57. The third kappa shape index (κ3) is 3.50. The lowest BCUT2D eigenvalue weighted by Crippen LogP contribution is -1.86. The first kappa shape index (κ1) is 17.9. The first-order valence-corrected chi connectivity index (χ1v) is 10.1. The van der Waals surface area contributed by atoms with E-state index in [0.717, 1.165) is 21.3 Å². The van der Waals surface area contributed by atoms with Crippen molar-refractivity contribution in [3.63, 3.8) is 0 Å². The molecule has 0 N–H and O–H groups in total. The molecule has 0 spiro atoms. The molecule has 5 aromatic rings. The van der Waals surface area contributed by atoms with Crippen LogP contribution in [0.5, 0.6) is 0 Å². The van der Waals surface area contributed by atoms with Crippen LogP contribution in [0.25, 0.3) is 32.8 Å². The molecule has 29 heavy (non-hydrogen) atoms. The van der Waals surface area contributed by atoms with Crippen molar-refractivity contribution in [1.82, 2.24) is 20.2 Å². The maximum absolute atomic E-state index is 13.3. The molecular formula is C20H10F2N4OS2. The molecule has 0 radical (unpaired) electrons. The number of fused-ring (bicyclic) bond motifs is 1. The number of aromatic nitrogens is 4. The Morgan fingerprint density at radius 3 is 2.24 bits per heavy atom. The summed E-state index contributed by atoms with van der Waals surface area (Å²) < 4.78 is 32.1. The predicted molar refractivity (Wildman–Crippen MR) is 107 cm³/mol. The number of hydrogen-bond donors (Lipinski definition) is 0. The molecular weight excluding hydrogens is 414 g/mol. The number of rotatable bonds is 4. The van der Waals surface area contributed by atoms with E-state index in [1.165, 1.54) is 53.7 Å². The topological polar surface area (TPSA) is 64.7 Å². The highest BCUT2D eigenvalue weighted by molar-refractivity contribution is 7.99. The molecule has 9 heteroatoms. The fourth-order valence-electron chi connectivity index (χ4n) is 2.81. The van der Waals surface area contributed by atoms with Gasteiger partial charge in [-0.1, -0.05) is 12.1 Å². The molecule has 0 aliphatic carbocycles. The molecule has 0 fully saturated rings. The van der Waals surface area contributed by atoms with Gasteiger partial charge in [0.15, 0.2) is 0 Å². The van der Waals surface area contributed by atoms with Crippen LogP contribution in [0.3, 0.4) is 0 Å². The summed E-state index contributed by atoms with van der Waals surface area (Å²) in [6, 6.07) is 12.1. The maximum atomic E-state index is 13.3. The molecule has 5 nitrogen and oxygen atoms in total. The lowest BCUT2D eigenvalue weighted by molar-refractivity contribution is 0.465. The van der Waals surface area contributed by atoms with Crippen LogP contribution in [0.15, 0.2) is 74.9 Å². The van der Waals surface area contributed by atoms with E-state index in [9.17, 15) is 8.78 Å². The van der Waals surface area contributed by atoms with E-state index in [-0.39, 0.29) is 11.6 Å². The smallest absolute Gasteiger partial charge is 0.283 e. The second-order valence-corrected chi connectivity index (χ2v) is 7.80. The highest BCUT2D eigenvalue weighted by atomic mass is 32.2. The average molecular weight is 424 g/mol. The van der Waals surface area contributed by atoms with E-state index < -0.39 is 0 Å². The molecule has 3 heterocycles. The van der Waals surface area contributed by atoms with Gasteiger partial charge in [-0.25, -0.2) is 18.7 Å². The van der Waals surface area contributed by atoms with E-state index >= 15 is 0 Å². The van der Waals surface area contributed by atoms with Gasteiger partial charge < -0.3 is 4.42 Å². The van der Waals surface area contributed by atoms with Crippen molar-refractivity contribution in [2.24, 2.45) is 0 Å². The summed E-state index contributed by atoms with van der Waals surface area (Å²) in [5, 5.41) is 11.9. The Balaban J connectivity index is 1.52. The summed E-state index contributed by atoms with van der Waals surface area (Å²) in [6.45, 7) is 0. The quantitative estimate of drug-likeness (QED) is 0.338. The van der Waals surface area contributed by atoms with Crippen LogP contribution >= 0.6 is 23.1 Å². The number of nitrogens with zero attached hydrogens (tertiary/aromatic N) is 4. The number of thiophene rings is 1. The zero-order valence-electron chi connectivity index (χ0n) is 14.5. The Bertz CT molecular complexity index is 1300. The predicted octanol–water partition coefficient (Wildman–Crippen LogP) is 5.84. The van der Waals surface area contributed by atoms with Gasteiger partial charge in [-0.05, 0) is 53.7 Å². The molecule has 0 saturated heterocycles. The largest absolute Gasteiger partial charge is 0.411 e. The minimum absolute atomic E-state index is 0.293. The van der Waals surface area contributed by atoms with Crippen molar-refractivity contribution in [3.05, 3.63) is 71.9 Å². The van der Waals surface area contributed by atoms with E-state index in [4.69, 9.17) is 4.42 Å².